The molecule has 2 rings (SSSR count). The molecule has 0 saturated heterocycles. The summed E-state index contributed by atoms with van der Waals surface area (Å²) in [6.07, 6.45) is -2.48. The molecule has 110 valence electrons. The molecule has 2 nitrogen and oxygen atoms in total. The Hall–Kier alpha value is -1.01. The molecule has 0 spiro atoms. The molecule has 0 aromatic heterocycles. The predicted octanol–water partition coefficient (Wildman–Crippen LogP) is 3.73. The van der Waals surface area contributed by atoms with Crippen LogP contribution in [0.2, 0.25) is 0 Å². The van der Waals surface area contributed by atoms with Gasteiger partial charge in [-0.2, -0.15) is 13.2 Å². The standard InChI is InChI=1S/C14H16F3NOS/c1-2-3-11-12(8-19)20-13(18-11)9-4-6-10(7-5-9)14(15,16)17/h4-7,11-12,19H,2-3,8H2,1H3. The summed E-state index contributed by atoms with van der Waals surface area (Å²) in [6.45, 7) is 2.08. The molecular weight excluding hydrogens is 287 g/mol. The Morgan fingerprint density at radius 2 is 1.90 bits per heavy atom. The van der Waals surface area contributed by atoms with Gasteiger partial charge in [-0.1, -0.05) is 37.2 Å². The predicted molar refractivity (Wildman–Crippen MR) is 75.1 cm³/mol. The van der Waals surface area contributed by atoms with Gasteiger partial charge >= 0.3 is 6.18 Å². The van der Waals surface area contributed by atoms with Crippen molar-refractivity contribution in [3.05, 3.63) is 35.4 Å². The van der Waals surface area contributed by atoms with Gasteiger partial charge in [0.1, 0.15) is 0 Å². The topological polar surface area (TPSA) is 32.6 Å². The largest absolute Gasteiger partial charge is 0.416 e. The second-order valence-corrected chi connectivity index (χ2v) is 5.93. The highest BCUT2D eigenvalue weighted by molar-refractivity contribution is 8.15. The Kier molecular flexibility index (Phi) is 4.75. The monoisotopic (exact) mass is 303 g/mol. The van der Waals surface area contributed by atoms with Crippen molar-refractivity contribution in [1.82, 2.24) is 0 Å². The lowest BCUT2D eigenvalue weighted by Crippen LogP contribution is -2.20. The van der Waals surface area contributed by atoms with Crippen LogP contribution < -0.4 is 0 Å². The molecule has 0 amide bonds. The van der Waals surface area contributed by atoms with E-state index in [0.29, 0.717) is 5.56 Å². The smallest absolute Gasteiger partial charge is 0.395 e. The lowest BCUT2D eigenvalue weighted by atomic mass is 10.1. The zero-order valence-corrected chi connectivity index (χ0v) is 11.8. The Labute approximate surface area is 120 Å². The van der Waals surface area contributed by atoms with Crippen molar-refractivity contribution in [3.8, 4) is 0 Å². The van der Waals surface area contributed by atoms with Crippen LogP contribution in [0.5, 0.6) is 0 Å². The van der Waals surface area contributed by atoms with E-state index in [0.717, 1.165) is 30.0 Å². The molecular formula is C14H16F3NOS. The van der Waals surface area contributed by atoms with Crippen LogP contribution in [-0.4, -0.2) is 28.0 Å². The Balaban J connectivity index is 2.18. The van der Waals surface area contributed by atoms with E-state index in [-0.39, 0.29) is 17.9 Å². The van der Waals surface area contributed by atoms with Crippen molar-refractivity contribution in [2.75, 3.05) is 6.61 Å². The number of rotatable bonds is 4. The normalized spacial score (nSPS) is 22.9. The fourth-order valence-corrected chi connectivity index (χ4v) is 3.32. The van der Waals surface area contributed by atoms with Crippen LogP contribution in [0.15, 0.2) is 29.3 Å². The second kappa shape index (κ2) is 6.18. The maximum atomic E-state index is 12.5. The van der Waals surface area contributed by atoms with E-state index in [4.69, 9.17) is 0 Å². The van der Waals surface area contributed by atoms with Crippen molar-refractivity contribution in [2.45, 2.75) is 37.2 Å². The molecule has 0 bridgehead atoms. The molecule has 1 heterocycles. The van der Waals surface area contributed by atoms with Crippen LogP contribution in [-0.2, 0) is 6.18 Å². The average Bonchev–Trinajstić information content (AvgIpc) is 2.81. The zero-order chi connectivity index (χ0) is 14.8. The van der Waals surface area contributed by atoms with Crippen LogP contribution in [0, 0.1) is 0 Å². The molecule has 1 N–H and O–H groups in total. The molecule has 1 aliphatic rings. The number of thioether (sulfide) groups is 1. The molecule has 20 heavy (non-hydrogen) atoms. The molecule has 1 aliphatic heterocycles. The van der Waals surface area contributed by atoms with Crippen molar-refractivity contribution >= 4 is 16.8 Å². The first kappa shape index (κ1) is 15.4. The summed E-state index contributed by atoms with van der Waals surface area (Å²) in [7, 11) is 0. The van der Waals surface area contributed by atoms with Crippen LogP contribution >= 0.6 is 11.8 Å². The number of aliphatic imine (C=N–C) groups is 1. The minimum Gasteiger partial charge on any atom is -0.395 e. The minimum absolute atomic E-state index is 0.00671. The fraction of sp³-hybridized carbons (Fsp3) is 0.500. The lowest BCUT2D eigenvalue weighted by Gasteiger charge is -2.12. The minimum atomic E-state index is -4.32. The number of aliphatic hydroxyl groups is 1. The molecule has 2 unspecified atom stereocenters. The zero-order valence-electron chi connectivity index (χ0n) is 11.0. The van der Waals surface area contributed by atoms with Crippen LogP contribution in [0.4, 0.5) is 13.2 Å². The number of nitrogens with zero attached hydrogens (tertiary/aromatic N) is 1. The van der Waals surface area contributed by atoms with E-state index < -0.39 is 11.7 Å². The van der Waals surface area contributed by atoms with Crippen LogP contribution in [0.1, 0.15) is 30.9 Å². The van der Waals surface area contributed by atoms with E-state index in [9.17, 15) is 18.3 Å². The van der Waals surface area contributed by atoms with Gasteiger partial charge in [0, 0.05) is 5.56 Å². The van der Waals surface area contributed by atoms with Gasteiger partial charge in [0.15, 0.2) is 0 Å². The first-order valence-corrected chi connectivity index (χ1v) is 7.36. The summed E-state index contributed by atoms with van der Waals surface area (Å²) in [5.41, 5.74) is 0.0220. The molecule has 1 aromatic rings. The molecule has 0 aliphatic carbocycles. The van der Waals surface area contributed by atoms with Gasteiger partial charge in [0.25, 0.3) is 0 Å². The quantitative estimate of drug-likeness (QED) is 0.919. The number of alkyl halides is 3. The molecule has 6 heteroatoms. The summed E-state index contributed by atoms with van der Waals surface area (Å²) >= 11 is 1.44. The maximum absolute atomic E-state index is 12.5. The number of hydrogen-bond donors (Lipinski definition) is 1. The van der Waals surface area contributed by atoms with Gasteiger partial charge in [0.2, 0.25) is 0 Å². The van der Waals surface area contributed by atoms with E-state index in [1.165, 1.54) is 23.9 Å². The average molecular weight is 303 g/mol. The van der Waals surface area contributed by atoms with E-state index >= 15 is 0 Å². The SMILES string of the molecule is CCCC1N=C(c2ccc(C(F)(F)F)cc2)SC1CO. The number of halogens is 3. The molecule has 1 aromatic carbocycles. The lowest BCUT2D eigenvalue weighted by molar-refractivity contribution is -0.137. The number of benzene rings is 1. The molecule has 0 saturated carbocycles. The highest BCUT2D eigenvalue weighted by atomic mass is 32.2. The fourth-order valence-electron chi connectivity index (χ4n) is 2.14. The maximum Gasteiger partial charge on any atom is 0.416 e. The van der Waals surface area contributed by atoms with E-state index in [1.807, 2.05) is 6.92 Å². The van der Waals surface area contributed by atoms with Crippen LogP contribution in [0.3, 0.4) is 0 Å². The number of hydrogen-bond acceptors (Lipinski definition) is 3. The Morgan fingerprint density at radius 1 is 1.25 bits per heavy atom. The van der Waals surface area contributed by atoms with Gasteiger partial charge < -0.3 is 5.11 Å². The first-order valence-electron chi connectivity index (χ1n) is 6.48. The van der Waals surface area contributed by atoms with Gasteiger partial charge in [-0.25, -0.2) is 0 Å². The third kappa shape index (κ3) is 3.35. The van der Waals surface area contributed by atoms with Crippen molar-refractivity contribution < 1.29 is 18.3 Å². The summed E-state index contributed by atoms with van der Waals surface area (Å²) in [5.74, 6) is 0. The third-order valence-corrected chi connectivity index (χ3v) is 4.53. The highest BCUT2D eigenvalue weighted by Crippen LogP contribution is 2.34. The number of aliphatic hydroxyl groups excluding tert-OH is 1. The summed E-state index contributed by atoms with van der Waals surface area (Å²) in [6, 6.07) is 5.07. The summed E-state index contributed by atoms with van der Waals surface area (Å²) in [4.78, 5) is 4.53. The van der Waals surface area contributed by atoms with Crippen molar-refractivity contribution in [1.29, 1.82) is 0 Å². The summed E-state index contributed by atoms with van der Waals surface area (Å²) in [5, 5.41) is 10.1. The Bertz CT molecular complexity index is 484. The van der Waals surface area contributed by atoms with Gasteiger partial charge in [-0.3, -0.25) is 4.99 Å². The Morgan fingerprint density at radius 3 is 2.40 bits per heavy atom. The van der Waals surface area contributed by atoms with Crippen LogP contribution in [0.25, 0.3) is 0 Å². The van der Waals surface area contributed by atoms with Crippen molar-refractivity contribution in [3.63, 3.8) is 0 Å². The summed E-state index contributed by atoms with van der Waals surface area (Å²) < 4.78 is 37.5. The highest BCUT2D eigenvalue weighted by Gasteiger charge is 2.32. The van der Waals surface area contributed by atoms with E-state index in [1.54, 1.807) is 0 Å². The molecule has 0 radical (unpaired) electrons. The van der Waals surface area contributed by atoms with E-state index in [2.05, 4.69) is 4.99 Å². The van der Waals surface area contributed by atoms with Gasteiger partial charge in [-0.05, 0) is 18.6 Å². The van der Waals surface area contributed by atoms with Crippen molar-refractivity contribution in [2.24, 2.45) is 4.99 Å². The third-order valence-electron chi connectivity index (χ3n) is 3.20. The van der Waals surface area contributed by atoms with Gasteiger partial charge in [0.05, 0.1) is 28.5 Å². The molecule has 0 fully saturated rings. The first-order chi connectivity index (χ1) is 9.45. The molecule has 2 atom stereocenters. The van der Waals surface area contributed by atoms with Gasteiger partial charge in [-0.15, -0.1) is 0 Å². The second-order valence-electron chi connectivity index (χ2n) is 4.70.